The summed E-state index contributed by atoms with van der Waals surface area (Å²) >= 11 is 7.57. The Hall–Kier alpha value is -2.00. The fourth-order valence-corrected chi connectivity index (χ4v) is 6.22. The smallest absolute Gasteiger partial charge is 0.187 e. The summed E-state index contributed by atoms with van der Waals surface area (Å²) < 4.78 is 45.9. The number of benzene rings is 2. The van der Waals surface area contributed by atoms with E-state index in [1.165, 1.54) is 22.4 Å². The third kappa shape index (κ3) is 5.31. The van der Waals surface area contributed by atoms with Crippen LogP contribution in [0.2, 0.25) is 5.02 Å². The van der Waals surface area contributed by atoms with Crippen molar-refractivity contribution in [2.75, 3.05) is 13.1 Å². The lowest BCUT2D eigenvalue weighted by Gasteiger charge is -2.36. The van der Waals surface area contributed by atoms with Crippen molar-refractivity contribution in [2.24, 2.45) is 0 Å². The molecule has 32 heavy (non-hydrogen) atoms. The maximum atomic E-state index is 14.7. The van der Waals surface area contributed by atoms with E-state index in [4.69, 9.17) is 16.3 Å². The molecular formula is C23H24ClFN2O3S2. The molecule has 2 aromatic carbocycles. The second kappa shape index (κ2) is 9.87. The molecule has 170 valence electrons. The van der Waals surface area contributed by atoms with Crippen LogP contribution in [0.4, 0.5) is 4.39 Å². The average Bonchev–Trinajstić information content (AvgIpc) is 3.29. The third-order valence-corrected chi connectivity index (χ3v) is 8.33. The lowest BCUT2D eigenvalue weighted by molar-refractivity contribution is 0.0795. The van der Waals surface area contributed by atoms with Gasteiger partial charge in [0.25, 0.3) is 0 Å². The van der Waals surface area contributed by atoms with Gasteiger partial charge >= 0.3 is 0 Å². The molecular weight excluding hydrogens is 471 g/mol. The van der Waals surface area contributed by atoms with E-state index in [1.807, 2.05) is 18.2 Å². The molecule has 0 N–H and O–H groups in total. The zero-order valence-corrected chi connectivity index (χ0v) is 20.0. The standard InChI is InChI=1S/C23H24ClFN2O3S2/c1-16(17-5-3-2-4-6-17)27-9-7-19(8-10-27)30-22-12-21(25)23(11-20(22)24)32(28,29)14-18-13-31-15-26-18/h2-6,11-13,15-16,19H,7-10,14H2,1H3/t16-/m1/s1. The fraction of sp³-hybridized carbons (Fsp3) is 0.348. The predicted octanol–water partition coefficient (Wildman–Crippen LogP) is 5.51. The van der Waals surface area contributed by atoms with Gasteiger partial charge in [-0.2, -0.15) is 0 Å². The van der Waals surface area contributed by atoms with Crippen LogP contribution < -0.4 is 4.74 Å². The number of hydrogen-bond donors (Lipinski definition) is 0. The highest BCUT2D eigenvalue weighted by molar-refractivity contribution is 7.90. The molecule has 5 nitrogen and oxygen atoms in total. The largest absolute Gasteiger partial charge is 0.489 e. The van der Waals surface area contributed by atoms with E-state index in [-0.39, 0.29) is 22.6 Å². The third-order valence-electron chi connectivity index (χ3n) is 5.74. The second-order valence-corrected chi connectivity index (χ2v) is 11.0. The summed E-state index contributed by atoms with van der Waals surface area (Å²) in [6.45, 7) is 3.88. The SMILES string of the molecule is C[C@H](c1ccccc1)N1CCC(Oc2cc(F)c(S(=O)(=O)Cc3cscn3)cc2Cl)CC1. The van der Waals surface area contributed by atoms with E-state index in [0.29, 0.717) is 11.7 Å². The highest BCUT2D eigenvalue weighted by Crippen LogP contribution is 2.34. The molecule has 0 spiro atoms. The highest BCUT2D eigenvalue weighted by atomic mass is 35.5. The van der Waals surface area contributed by atoms with E-state index >= 15 is 0 Å². The number of likely N-dealkylation sites (tertiary alicyclic amines) is 1. The Morgan fingerprint density at radius 2 is 1.97 bits per heavy atom. The van der Waals surface area contributed by atoms with Gasteiger partial charge in [-0.3, -0.25) is 4.90 Å². The number of rotatable bonds is 7. The van der Waals surface area contributed by atoms with Gasteiger partial charge in [-0.25, -0.2) is 17.8 Å². The van der Waals surface area contributed by atoms with Crippen molar-refractivity contribution in [2.45, 2.75) is 42.6 Å². The Bertz CT molecular complexity index is 1150. The summed E-state index contributed by atoms with van der Waals surface area (Å²) in [6, 6.07) is 12.9. The topological polar surface area (TPSA) is 59.5 Å². The van der Waals surface area contributed by atoms with Gasteiger partial charge in [0.2, 0.25) is 0 Å². The number of thiazole rings is 1. The molecule has 9 heteroatoms. The van der Waals surface area contributed by atoms with Crippen LogP contribution in [0.25, 0.3) is 0 Å². The Kier molecular flexibility index (Phi) is 7.14. The van der Waals surface area contributed by atoms with E-state index in [1.54, 1.807) is 5.38 Å². The van der Waals surface area contributed by atoms with Crippen LogP contribution >= 0.6 is 22.9 Å². The van der Waals surface area contributed by atoms with E-state index < -0.39 is 20.5 Å². The molecule has 0 radical (unpaired) electrons. The van der Waals surface area contributed by atoms with Crippen molar-refractivity contribution in [3.8, 4) is 5.75 Å². The maximum absolute atomic E-state index is 14.7. The number of piperidine rings is 1. The summed E-state index contributed by atoms with van der Waals surface area (Å²) in [5.41, 5.74) is 3.19. The van der Waals surface area contributed by atoms with Crippen molar-refractivity contribution in [3.05, 3.63) is 75.5 Å². The van der Waals surface area contributed by atoms with Gasteiger partial charge in [-0.05, 0) is 31.4 Å². The molecule has 0 aliphatic carbocycles. The molecule has 1 fully saturated rings. The van der Waals surface area contributed by atoms with E-state index in [0.717, 1.165) is 38.1 Å². The van der Waals surface area contributed by atoms with Gasteiger partial charge in [-0.15, -0.1) is 11.3 Å². The number of ether oxygens (including phenoxy) is 1. The van der Waals surface area contributed by atoms with Crippen LogP contribution in [0.15, 0.2) is 58.3 Å². The monoisotopic (exact) mass is 494 g/mol. The van der Waals surface area contributed by atoms with Gasteiger partial charge in [0.05, 0.1) is 22.0 Å². The van der Waals surface area contributed by atoms with Crippen molar-refractivity contribution in [1.29, 1.82) is 0 Å². The Balaban J connectivity index is 1.40. The van der Waals surface area contributed by atoms with Crippen LogP contribution in [0.5, 0.6) is 5.75 Å². The van der Waals surface area contributed by atoms with Crippen molar-refractivity contribution in [3.63, 3.8) is 0 Å². The van der Waals surface area contributed by atoms with Crippen LogP contribution in [-0.4, -0.2) is 37.5 Å². The van der Waals surface area contributed by atoms with E-state index in [2.05, 4.69) is 28.9 Å². The fourth-order valence-electron chi connectivity index (χ4n) is 3.92. The molecule has 0 amide bonds. The van der Waals surface area contributed by atoms with Gasteiger partial charge in [0, 0.05) is 30.6 Å². The van der Waals surface area contributed by atoms with Crippen LogP contribution in [0.1, 0.15) is 37.1 Å². The lowest BCUT2D eigenvalue weighted by Crippen LogP contribution is -2.39. The molecule has 3 aromatic rings. The van der Waals surface area contributed by atoms with Crippen molar-refractivity contribution in [1.82, 2.24) is 9.88 Å². The van der Waals surface area contributed by atoms with E-state index in [9.17, 15) is 12.8 Å². The summed E-state index contributed by atoms with van der Waals surface area (Å²) in [7, 11) is -3.91. The minimum Gasteiger partial charge on any atom is -0.489 e. The molecule has 1 atom stereocenters. The van der Waals surface area contributed by atoms with Gasteiger partial charge in [0.1, 0.15) is 22.6 Å². The summed E-state index contributed by atoms with van der Waals surface area (Å²) in [6.07, 6.45) is 1.45. The molecule has 2 heterocycles. The highest BCUT2D eigenvalue weighted by Gasteiger charge is 2.27. The minimum atomic E-state index is -3.91. The van der Waals surface area contributed by atoms with Gasteiger partial charge < -0.3 is 4.74 Å². The lowest BCUT2D eigenvalue weighted by atomic mass is 10.0. The second-order valence-electron chi connectivity index (χ2n) is 7.89. The van der Waals surface area contributed by atoms with Crippen LogP contribution in [-0.2, 0) is 15.6 Å². The summed E-state index contributed by atoms with van der Waals surface area (Å²) in [4.78, 5) is 5.93. The molecule has 1 aromatic heterocycles. The number of halogens is 2. The molecule has 4 rings (SSSR count). The quantitative estimate of drug-likeness (QED) is 0.433. The van der Waals surface area contributed by atoms with Crippen LogP contribution in [0, 0.1) is 5.82 Å². The Morgan fingerprint density at radius 1 is 1.25 bits per heavy atom. The molecule has 1 saturated heterocycles. The minimum absolute atomic E-state index is 0.0864. The summed E-state index contributed by atoms with van der Waals surface area (Å²) in [5, 5.41) is 1.71. The Labute approximate surface area is 196 Å². The first kappa shape index (κ1) is 23.2. The van der Waals surface area contributed by atoms with Crippen molar-refractivity contribution < 1.29 is 17.5 Å². The molecule has 0 bridgehead atoms. The predicted molar refractivity (Wildman–Crippen MR) is 124 cm³/mol. The van der Waals surface area contributed by atoms with Crippen molar-refractivity contribution >= 4 is 32.8 Å². The van der Waals surface area contributed by atoms with Gasteiger partial charge in [-0.1, -0.05) is 41.9 Å². The zero-order valence-electron chi connectivity index (χ0n) is 17.6. The van der Waals surface area contributed by atoms with Gasteiger partial charge in [0.15, 0.2) is 9.84 Å². The first-order valence-electron chi connectivity index (χ1n) is 10.4. The number of nitrogens with zero attached hydrogens (tertiary/aromatic N) is 2. The molecule has 0 saturated carbocycles. The average molecular weight is 495 g/mol. The number of sulfone groups is 1. The molecule has 1 aliphatic rings. The first-order chi connectivity index (χ1) is 15.3. The first-order valence-corrected chi connectivity index (χ1v) is 13.4. The molecule has 0 unspecified atom stereocenters. The zero-order chi connectivity index (χ0) is 22.7. The number of aromatic nitrogens is 1. The maximum Gasteiger partial charge on any atom is 0.187 e. The number of hydrogen-bond acceptors (Lipinski definition) is 6. The van der Waals surface area contributed by atoms with Crippen LogP contribution in [0.3, 0.4) is 0 Å². The summed E-state index contributed by atoms with van der Waals surface area (Å²) in [5.74, 6) is -1.07. The molecule has 1 aliphatic heterocycles. The Morgan fingerprint density at radius 3 is 2.62 bits per heavy atom. The normalized spacial score (nSPS) is 16.7.